The molecule has 0 saturated carbocycles. The number of piperidine rings is 1. The summed E-state index contributed by atoms with van der Waals surface area (Å²) in [5.74, 6) is 0. The summed E-state index contributed by atoms with van der Waals surface area (Å²) in [6.45, 7) is 5.43. The highest BCUT2D eigenvalue weighted by atomic mass is 15.1. The molecular formula is C11H20N4. The maximum atomic E-state index is 4.34. The molecule has 0 radical (unpaired) electrons. The average molecular weight is 208 g/mol. The van der Waals surface area contributed by atoms with Crippen LogP contribution in [0.5, 0.6) is 0 Å². The number of aromatic nitrogens is 2. The molecule has 0 aromatic carbocycles. The van der Waals surface area contributed by atoms with Crippen molar-refractivity contribution in [2.75, 3.05) is 20.1 Å². The van der Waals surface area contributed by atoms with E-state index >= 15 is 0 Å². The number of hydrogen-bond acceptors (Lipinski definition) is 3. The van der Waals surface area contributed by atoms with Gasteiger partial charge in [0.05, 0.1) is 12.0 Å². The minimum absolute atomic E-state index is 0.710. The van der Waals surface area contributed by atoms with Gasteiger partial charge in [0.2, 0.25) is 0 Å². The second kappa shape index (κ2) is 4.77. The van der Waals surface area contributed by atoms with Gasteiger partial charge in [-0.3, -0.25) is 4.90 Å². The first kappa shape index (κ1) is 10.6. The quantitative estimate of drug-likeness (QED) is 0.775. The van der Waals surface area contributed by atoms with Crippen LogP contribution in [0.4, 0.5) is 0 Å². The highest BCUT2D eigenvalue weighted by Crippen LogP contribution is 2.13. The first-order valence-corrected chi connectivity index (χ1v) is 5.68. The van der Waals surface area contributed by atoms with Crippen molar-refractivity contribution in [2.45, 2.75) is 32.4 Å². The summed E-state index contributed by atoms with van der Waals surface area (Å²) >= 11 is 0. The molecular weight excluding hydrogens is 188 g/mol. The average Bonchev–Trinajstić information content (AvgIpc) is 2.66. The molecule has 0 spiro atoms. The molecule has 1 aliphatic rings. The van der Waals surface area contributed by atoms with Crippen LogP contribution < -0.4 is 5.32 Å². The fraction of sp³-hybridized carbons (Fsp3) is 0.727. The zero-order chi connectivity index (χ0) is 10.7. The number of hydrogen-bond donors (Lipinski definition) is 2. The number of likely N-dealkylation sites (tertiary alicyclic amines) is 1. The topological polar surface area (TPSA) is 44.0 Å². The van der Waals surface area contributed by atoms with Gasteiger partial charge in [-0.2, -0.15) is 0 Å². The molecule has 2 N–H and O–H groups in total. The van der Waals surface area contributed by atoms with E-state index in [1.54, 1.807) is 6.33 Å². The van der Waals surface area contributed by atoms with Crippen LogP contribution in [-0.4, -0.2) is 41.0 Å². The summed E-state index contributed by atoms with van der Waals surface area (Å²) in [6.07, 6.45) is 4.28. The minimum atomic E-state index is 0.710. The standard InChI is InChI=1S/C11H20N4/c1-9-11(14-8-13-9)7-15-5-3-10(12-2)4-6-15/h8,10,12H,3-7H2,1-2H3,(H,13,14). The van der Waals surface area contributed by atoms with Crippen LogP contribution in [0.3, 0.4) is 0 Å². The predicted molar refractivity (Wildman–Crippen MR) is 60.7 cm³/mol. The highest BCUT2D eigenvalue weighted by molar-refractivity contribution is 5.08. The van der Waals surface area contributed by atoms with E-state index in [-0.39, 0.29) is 0 Å². The molecule has 0 amide bonds. The van der Waals surface area contributed by atoms with Crippen LogP contribution in [0, 0.1) is 6.92 Å². The SMILES string of the molecule is CNC1CCN(Cc2nc[nH]c2C)CC1. The minimum Gasteiger partial charge on any atom is -0.348 e. The molecule has 15 heavy (non-hydrogen) atoms. The Morgan fingerprint density at radius 2 is 2.27 bits per heavy atom. The Balaban J connectivity index is 1.85. The fourth-order valence-corrected chi connectivity index (χ4v) is 2.14. The lowest BCUT2D eigenvalue weighted by Gasteiger charge is -2.31. The van der Waals surface area contributed by atoms with E-state index in [4.69, 9.17) is 0 Å². The Bertz CT molecular complexity index is 299. The van der Waals surface area contributed by atoms with Gasteiger partial charge in [-0.15, -0.1) is 0 Å². The van der Waals surface area contributed by atoms with E-state index in [1.807, 2.05) is 0 Å². The molecule has 4 heteroatoms. The van der Waals surface area contributed by atoms with Gasteiger partial charge in [-0.25, -0.2) is 4.98 Å². The van der Waals surface area contributed by atoms with E-state index in [0.29, 0.717) is 6.04 Å². The highest BCUT2D eigenvalue weighted by Gasteiger charge is 2.18. The molecule has 1 aromatic rings. The van der Waals surface area contributed by atoms with E-state index < -0.39 is 0 Å². The zero-order valence-electron chi connectivity index (χ0n) is 9.58. The van der Waals surface area contributed by atoms with Gasteiger partial charge in [0, 0.05) is 31.4 Å². The summed E-state index contributed by atoms with van der Waals surface area (Å²) in [7, 11) is 2.05. The number of H-pyrrole nitrogens is 1. The first-order valence-electron chi connectivity index (χ1n) is 5.68. The zero-order valence-corrected chi connectivity index (χ0v) is 9.58. The second-order valence-corrected chi connectivity index (χ2v) is 4.31. The van der Waals surface area contributed by atoms with Gasteiger partial charge in [0.1, 0.15) is 0 Å². The van der Waals surface area contributed by atoms with Crippen molar-refractivity contribution < 1.29 is 0 Å². The Kier molecular flexibility index (Phi) is 3.38. The Morgan fingerprint density at radius 1 is 1.53 bits per heavy atom. The van der Waals surface area contributed by atoms with Crippen LogP contribution in [0.25, 0.3) is 0 Å². The number of aryl methyl sites for hydroxylation is 1. The molecule has 2 heterocycles. The maximum Gasteiger partial charge on any atom is 0.0925 e. The molecule has 1 fully saturated rings. The summed E-state index contributed by atoms with van der Waals surface area (Å²) in [5.41, 5.74) is 2.39. The second-order valence-electron chi connectivity index (χ2n) is 4.31. The normalized spacial score (nSPS) is 19.6. The molecule has 1 aromatic heterocycles. The smallest absolute Gasteiger partial charge is 0.0925 e. The molecule has 2 rings (SSSR count). The van der Waals surface area contributed by atoms with Crippen LogP contribution in [-0.2, 0) is 6.54 Å². The predicted octanol–water partition coefficient (Wildman–Crippen LogP) is 0.902. The molecule has 84 valence electrons. The van der Waals surface area contributed by atoms with Gasteiger partial charge < -0.3 is 10.3 Å². The maximum absolute atomic E-state index is 4.34. The number of nitrogens with zero attached hydrogens (tertiary/aromatic N) is 2. The lowest BCUT2D eigenvalue weighted by molar-refractivity contribution is 0.192. The number of rotatable bonds is 3. The molecule has 1 saturated heterocycles. The van der Waals surface area contributed by atoms with Gasteiger partial charge >= 0.3 is 0 Å². The number of nitrogens with one attached hydrogen (secondary N) is 2. The molecule has 1 aliphatic heterocycles. The van der Waals surface area contributed by atoms with Crippen molar-refractivity contribution in [3.05, 3.63) is 17.7 Å². The van der Waals surface area contributed by atoms with E-state index in [0.717, 1.165) is 6.54 Å². The monoisotopic (exact) mass is 208 g/mol. The number of imidazole rings is 1. The van der Waals surface area contributed by atoms with Crippen molar-refractivity contribution in [1.82, 2.24) is 20.2 Å². The molecule has 0 unspecified atom stereocenters. The molecule has 0 aliphatic carbocycles. The van der Waals surface area contributed by atoms with Crippen molar-refractivity contribution in [2.24, 2.45) is 0 Å². The van der Waals surface area contributed by atoms with Crippen LogP contribution in [0.2, 0.25) is 0 Å². The lowest BCUT2D eigenvalue weighted by atomic mass is 10.1. The van der Waals surface area contributed by atoms with Crippen molar-refractivity contribution in [1.29, 1.82) is 0 Å². The summed E-state index contributed by atoms with van der Waals surface area (Å²) in [5, 5.41) is 3.35. The third-order valence-corrected chi connectivity index (χ3v) is 3.30. The van der Waals surface area contributed by atoms with E-state index in [2.05, 4.69) is 34.2 Å². The van der Waals surface area contributed by atoms with Gasteiger partial charge in [0.25, 0.3) is 0 Å². The Morgan fingerprint density at radius 3 is 2.80 bits per heavy atom. The summed E-state index contributed by atoms with van der Waals surface area (Å²) < 4.78 is 0. The first-order chi connectivity index (χ1) is 7.29. The van der Waals surface area contributed by atoms with Crippen molar-refractivity contribution >= 4 is 0 Å². The Labute approximate surface area is 91.1 Å². The molecule has 4 nitrogen and oxygen atoms in total. The third-order valence-electron chi connectivity index (χ3n) is 3.30. The third kappa shape index (κ3) is 2.58. The van der Waals surface area contributed by atoms with Crippen molar-refractivity contribution in [3.63, 3.8) is 0 Å². The van der Waals surface area contributed by atoms with Gasteiger partial charge in [0.15, 0.2) is 0 Å². The Hall–Kier alpha value is -0.870. The fourth-order valence-electron chi connectivity index (χ4n) is 2.14. The summed E-state index contributed by atoms with van der Waals surface area (Å²) in [4.78, 5) is 9.95. The lowest BCUT2D eigenvalue weighted by Crippen LogP contribution is -2.40. The number of aromatic amines is 1. The van der Waals surface area contributed by atoms with Gasteiger partial charge in [-0.1, -0.05) is 0 Å². The van der Waals surface area contributed by atoms with Crippen LogP contribution >= 0.6 is 0 Å². The molecule has 0 bridgehead atoms. The van der Waals surface area contributed by atoms with Crippen LogP contribution in [0.1, 0.15) is 24.2 Å². The largest absolute Gasteiger partial charge is 0.348 e. The van der Waals surface area contributed by atoms with E-state index in [9.17, 15) is 0 Å². The molecule has 0 atom stereocenters. The van der Waals surface area contributed by atoms with E-state index in [1.165, 1.54) is 37.3 Å². The van der Waals surface area contributed by atoms with Crippen molar-refractivity contribution in [3.8, 4) is 0 Å². The summed E-state index contributed by atoms with van der Waals surface area (Å²) in [6, 6.07) is 0.710. The van der Waals surface area contributed by atoms with Gasteiger partial charge in [-0.05, 0) is 26.8 Å². The van der Waals surface area contributed by atoms with Crippen LogP contribution in [0.15, 0.2) is 6.33 Å².